The van der Waals surface area contributed by atoms with E-state index in [4.69, 9.17) is 11.6 Å². The van der Waals surface area contributed by atoms with Gasteiger partial charge in [0.05, 0.1) is 0 Å². The first-order valence-corrected chi connectivity index (χ1v) is 7.77. The Morgan fingerprint density at radius 2 is 2.05 bits per heavy atom. The molecule has 1 aliphatic carbocycles. The summed E-state index contributed by atoms with van der Waals surface area (Å²) in [7, 11) is 0. The van der Waals surface area contributed by atoms with E-state index in [0.29, 0.717) is 12.4 Å². The van der Waals surface area contributed by atoms with Crippen LogP contribution >= 0.6 is 27.5 Å². The molecule has 0 aliphatic heterocycles. The minimum atomic E-state index is -0.142. The fraction of sp³-hybridized carbons (Fsp3) is 0.500. The molecule has 1 fully saturated rings. The summed E-state index contributed by atoms with van der Waals surface area (Å²) in [6.07, 6.45) is 2.23. The second kappa shape index (κ2) is 6.14. The topological polar surface area (TPSA) is 41.1 Å². The van der Waals surface area contributed by atoms with Crippen LogP contribution in [0.15, 0.2) is 28.7 Å². The number of carbonyl (C=O) groups excluding carboxylic acids is 1. The summed E-state index contributed by atoms with van der Waals surface area (Å²) in [5.41, 5.74) is 1.39. The number of nitrogens with one attached hydrogen (secondary N) is 2. The Morgan fingerprint density at radius 1 is 1.42 bits per heavy atom. The molecule has 1 saturated carbocycles. The highest BCUT2D eigenvalue weighted by Crippen LogP contribution is 2.51. The van der Waals surface area contributed by atoms with Gasteiger partial charge < -0.3 is 10.6 Å². The molecule has 0 spiro atoms. The van der Waals surface area contributed by atoms with Crippen LogP contribution < -0.4 is 10.6 Å². The molecule has 2 rings (SSSR count). The third kappa shape index (κ3) is 3.42. The average molecular weight is 346 g/mol. The van der Waals surface area contributed by atoms with Crippen LogP contribution in [0.5, 0.6) is 0 Å². The standard InChI is InChI=1S/C14H18BrClN2O/c1-10(18-13(19)17-9-8-16)14(6-7-14)11-2-4-12(15)5-3-11/h2-5,10H,6-9H2,1H3,(H2,17,18,19). The lowest BCUT2D eigenvalue weighted by molar-refractivity contribution is 0.235. The number of hydrogen-bond donors (Lipinski definition) is 2. The average Bonchev–Trinajstić information content (AvgIpc) is 3.18. The molecule has 1 aromatic rings. The van der Waals surface area contributed by atoms with Gasteiger partial charge in [-0.1, -0.05) is 28.1 Å². The third-order valence-corrected chi connectivity index (χ3v) is 4.48. The summed E-state index contributed by atoms with van der Waals surface area (Å²) in [6, 6.07) is 8.34. The van der Waals surface area contributed by atoms with Crippen LogP contribution in [-0.4, -0.2) is 24.5 Å². The fourth-order valence-corrected chi connectivity index (χ4v) is 2.79. The molecule has 1 aliphatic rings. The van der Waals surface area contributed by atoms with Crippen molar-refractivity contribution in [2.24, 2.45) is 0 Å². The highest BCUT2D eigenvalue weighted by molar-refractivity contribution is 9.10. The van der Waals surface area contributed by atoms with E-state index < -0.39 is 0 Å². The highest BCUT2D eigenvalue weighted by atomic mass is 79.9. The molecule has 0 bridgehead atoms. The van der Waals surface area contributed by atoms with E-state index >= 15 is 0 Å². The molecule has 19 heavy (non-hydrogen) atoms. The molecule has 3 nitrogen and oxygen atoms in total. The summed E-state index contributed by atoms with van der Waals surface area (Å²) < 4.78 is 1.08. The van der Waals surface area contributed by atoms with Crippen molar-refractivity contribution in [2.45, 2.75) is 31.2 Å². The van der Waals surface area contributed by atoms with Crippen LogP contribution in [0, 0.1) is 0 Å². The number of urea groups is 1. The van der Waals surface area contributed by atoms with Crippen LogP contribution in [0.25, 0.3) is 0 Å². The van der Waals surface area contributed by atoms with E-state index in [1.165, 1.54) is 5.56 Å². The molecular formula is C14H18BrClN2O. The van der Waals surface area contributed by atoms with Crippen LogP contribution in [0.1, 0.15) is 25.3 Å². The smallest absolute Gasteiger partial charge is 0.315 e. The van der Waals surface area contributed by atoms with Gasteiger partial charge >= 0.3 is 6.03 Å². The predicted molar refractivity (Wildman–Crippen MR) is 81.8 cm³/mol. The van der Waals surface area contributed by atoms with Crippen molar-refractivity contribution in [3.8, 4) is 0 Å². The van der Waals surface area contributed by atoms with E-state index in [9.17, 15) is 4.79 Å². The minimum Gasteiger partial charge on any atom is -0.337 e. The van der Waals surface area contributed by atoms with E-state index in [2.05, 4.69) is 57.8 Å². The predicted octanol–water partition coefficient (Wildman–Crippen LogP) is 3.41. The molecule has 104 valence electrons. The van der Waals surface area contributed by atoms with E-state index in [1.807, 2.05) is 0 Å². The van der Waals surface area contributed by atoms with Crippen molar-refractivity contribution >= 4 is 33.6 Å². The Kier molecular flexibility index (Phi) is 4.74. The van der Waals surface area contributed by atoms with Gasteiger partial charge in [-0.3, -0.25) is 0 Å². The second-order valence-corrected chi connectivity index (χ2v) is 6.27. The Hall–Kier alpha value is -0.740. The lowest BCUT2D eigenvalue weighted by Crippen LogP contribution is -2.46. The van der Waals surface area contributed by atoms with Crippen LogP contribution in [0.2, 0.25) is 0 Å². The minimum absolute atomic E-state index is 0.0962. The van der Waals surface area contributed by atoms with Crippen molar-refractivity contribution in [1.82, 2.24) is 10.6 Å². The molecule has 2 amide bonds. The number of benzene rings is 1. The molecule has 2 N–H and O–H groups in total. The molecule has 0 radical (unpaired) electrons. The van der Waals surface area contributed by atoms with Gasteiger partial charge in [-0.15, -0.1) is 11.6 Å². The van der Waals surface area contributed by atoms with Gasteiger partial charge in [0.1, 0.15) is 0 Å². The third-order valence-electron chi connectivity index (χ3n) is 3.76. The lowest BCUT2D eigenvalue weighted by atomic mass is 9.89. The zero-order valence-corrected chi connectivity index (χ0v) is 13.2. The van der Waals surface area contributed by atoms with Crippen molar-refractivity contribution in [3.05, 3.63) is 34.3 Å². The van der Waals surface area contributed by atoms with Gasteiger partial charge in [-0.2, -0.15) is 0 Å². The molecular weight excluding hydrogens is 328 g/mol. The highest BCUT2D eigenvalue weighted by Gasteiger charge is 2.49. The first kappa shape index (κ1) is 14.7. The Bertz CT molecular complexity index is 445. The lowest BCUT2D eigenvalue weighted by Gasteiger charge is -2.25. The maximum Gasteiger partial charge on any atom is 0.315 e. The van der Waals surface area contributed by atoms with Gasteiger partial charge in [0.15, 0.2) is 0 Å². The van der Waals surface area contributed by atoms with Crippen molar-refractivity contribution < 1.29 is 4.79 Å². The molecule has 0 heterocycles. The summed E-state index contributed by atoms with van der Waals surface area (Å²) >= 11 is 8.99. The number of halogens is 2. The Labute approximate surface area is 127 Å². The monoisotopic (exact) mass is 344 g/mol. The van der Waals surface area contributed by atoms with Crippen molar-refractivity contribution in [3.63, 3.8) is 0 Å². The van der Waals surface area contributed by atoms with E-state index in [-0.39, 0.29) is 17.5 Å². The number of rotatable bonds is 5. The van der Waals surface area contributed by atoms with Gasteiger partial charge in [0.2, 0.25) is 0 Å². The summed E-state index contributed by atoms with van der Waals surface area (Å²) in [4.78, 5) is 11.7. The summed E-state index contributed by atoms with van der Waals surface area (Å²) in [5.74, 6) is 0.430. The zero-order chi connectivity index (χ0) is 13.9. The Morgan fingerprint density at radius 3 is 2.58 bits per heavy atom. The number of hydrogen-bond acceptors (Lipinski definition) is 1. The van der Waals surface area contributed by atoms with Crippen molar-refractivity contribution in [1.29, 1.82) is 0 Å². The van der Waals surface area contributed by atoms with Gasteiger partial charge in [0, 0.05) is 28.4 Å². The Balaban J connectivity index is 2.00. The largest absolute Gasteiger partial charge is 0.337 e. The van der Waals surface area contributed by atoms with Gasteiger partial charge in [-0.25, -0.2) is 4.79 Å². The SMILES string of the molecule is CC(NC(=O)NCCCl)C1(c2ccc(Br)cc2)CC1. The number of alkyl halides is 1. The molecule has 0 aromatic heterocycles. The maximum absolute atomic E-state index is 11.7. The molecule has 5 heteroatoms. The molecule has 1 unspecified atom stereocenters. The maximum atomic E-state index is 11.7. The van der Waals surface area contributed by atoms with Gasteiger partial charge in [-0.05, 0) is 37.5 Å². The van der Waals surface area contributed by atoms with Crippen LogP contribution in [0.3, 0.4) is 0 Å². The fourth-order valence-electron chi connectivity index (χ4n) is 2.43. The van der Waals surface area contributed by atoms with E-state index in [1.54, 1.807) is 0 Å². The van der Waals surface area contributed by atoms with Crippen LogP contribution in [0.4, 0.5) is 4.79 Å². The molecule has 1 aromatic carbocycles. The number of carbonyl (C=O) groups is 1. The number of amides is 2. The normalized spacial score (nSPS) is 17.6. The summed E-state index contributed by atoms with van der Waals surface area (Å²) in [6.45, 7) is 2.56. The first-order chi connectivity index (χ1) is 9.08. The molecule has 1 atom stereocenters. The van der Waals surface area contributed by atoms with Gasteiger partial charge in [0.25, 0.3) is 0 Å². The van der Waals surface area contributed by atoms with Crippen molar-refractivity contribution in [2.75, 3.05) is 12.4 Å². The first-order valence-electron chi connectivity index (χ1n) is 6.45. The zero-order valence-electron chi connectivity index (χ0n) is 10.9. The quantitative estimate of drug-likeness (QED) is 0.789. The van der Waals surface area contributed by atoms with E-state index in [0.717, 1.165) is 17.3 Å². The van der Waals surface area contributed by atoms with Crippen LogP contribution in [-0.2, 0) is 5.41 Å². The summed E-state index contributed by atoms with van der Waals surface area (Å²) in [5, 5.41) is 5.74. The molecule has 0 saturated heterocycles. The second-order valence-electron chi connectivity index (χ2n) is 4.97.